The van der Waals surface area contributed by atoms with Gasteiger partial charge in [-0.05, 0) is 25.5 Å². The average Bonchev–Trinajstić information content (AvgIpc) is 2.80. The molecule has 1 N–H and O–H groups in total. The first kappa shape index (κ1) is 25.0. The van der Waals surface area contributed by atoms with E-state index in [2.05, 4.69) is 11.1 Å². The molecular formula is C23H23Cl2N3O5. The first-order valence-corrected chi connectivity index (χ1v) is 11.0. The van der Waals surface area contributed by atoms with Gasteiger partial charge in [-0.3, -0.25) is 4.79 Å². The van der Waals surface area contributed by atoms with Crippen LogP contribution < -0.4 is 10.2 Å². The van der Waals surface area contributed by atoms with Crippen molar-refractivity contribution in [1.82, 2.24) is 9.55 Å². The number of hydrogen-bond donors (Lipinski definition) is 1. The van der Waals surface area contributed by atoms with E-state index in [4.69, 9.17) is 42.5 Å². The lowest BCUT2D eigenvalue weighted by Gasteiger charge is -2.19. The molecule has 1 aromatic carbocycles. The number of halogens is 2. The van der Waals surface area contributed by atoms with Gasteiger partial charge in [-0.15, -0.1) is 0 Å². The van der Waals surface area contributed by atoms with Crippen molar-refractivity contribution in [2.24, 2.45) is 0 Å². The summed E-state index contributed by atoms with van der Waals surface area (Å²) in [5.41, 5.74) is 1.37. The number of nitriles is 1. The maximum absolute atomic E-state index is 12.9. The van der Waals surface area contributed by atoms with Crippen LogP contribution in [0.15, 0.2) is 35.3 Å². The van der Waals surface area contributed by atoms with Gasteiger partial charge < -0.3 is 23.9 Å². The van der Waals surface area contributed by atoms with E-state index in [9.17, 15) is 10.1 Å². The van der Waals surface area contributed by atoms with Crippen LogP contribution >= 0.6 is 23.2 Å². The highest BCUT2D eigenvalue weighted by atomic mass is 35.5. The lowest BCUT2D eigenvalue weighted by atomic mass is 10.1. The van der Waals surface area contributed by atoms with Gasteiger partial charge in [0.25, 0.3) is 0 Å². The number of hydrogen-bond acceptors (Lipinski definition) is 7. The predicted octanol–water partition coefficient (Wildman–Crippen LogP) is 3.67. The summed E-state index contributed by atoms with van der Waals surface area (Å²) < 4.78 is 18.1. The van der Waals surface area contributed by atoms with Gasteiger partial charge in [0.2, 0.25) is 5.88 Å². The van der Waals surface area contributed by atoms with E-state index >= 15 is 0 Å². The number of pyridine rings is 2. The highest BCUT2D eigenvalue weighted by molar-refractivity contribution is 6.35. The van der Waals surface area contributed by atoms with Crippen LogP contribution in [0.1, 0.15) is 17.7 Å². The molecule has 0 aliphatic carbocycles. The van der Waals surface area contributed by atoms with Crippen molar-refractivity contribution < 1.29 is 19.3 Å². The Bertz CT molecular complexity index is 1220. The van der Waals surface area contributed by atoms with Crippen LogP contribution in [0.4, 0.5) is 0 Å². The summed E-state index contributed by atoms with van der Waals surface area (Å²) in [5, 5.41) is 19.0. The van der Waals surface area contributed by atoms with Crippen molar-refractivity contribution in [1.29, 1.82) is 5.26 Å². The van der Waals surface area contributed by atoms with E-state index < -0.39 is 0 Å². The molecule has 174 valence electrons. The van der Waals surface area contributed by atoms with E-state index in [0.717, 1.165) is 0 Å². The SMILES string of the molecule is Cc1cc(=O)c2c(OCCOCCCOCCO)ncc(Cl)c2n1-c1c(Cl)cccc1C#N. The molecule has 3 rings (SSSR count). The Hall–Kier alpha value is -2.67. The highest BCUT2D eigenvalue weighted by Gasteiger charge is 2.20. The van der Waals surface area contributed by atoms with E-state index in [1.54, 1.807) is 29.7 Å². The maximum atomic E-state index is 12.9. The van der Waals surface area contributed by atoms with Gasteiger partial charge in [-0.25, -0.2) is 4.98 Å². The molecule has 0 saturated carbocycles. The Morgan fingerprint density at radius 2 is 1.88 bits per heavy atom. The van der Waals surface area contributed by atoms with Crippen molar-refractivity contribution >= 4 is 34.1 Å². The molecule has 3 aromatic rings. The van der Waals surface area contributed by atoms with E-state index in [0.29, 0.717) is 53.7 Å². The van der Waals surface area contributed by atoms with Gasteiger partial charge in [-0.2, -0.15) is 5.26 Å². The number of aryl methyl sites for hydroxylation is 1. The quantitative estimate of drug-likeness (QED) is 0.407. The van der Waals surface area contributed by atoms with Gasteiger partial charge in [0.1, 0.15) is 18.1 Å². The minimum absolute atomic E-state index is 0.00766. The Balaban J connectivity index is 1.89. The number of aliphatic hydroxyl groups is 1. The van der Waals surface area contributed by atoms with Crippen molar-refractivity contribution in [2.75, 3.05) is 39.6 Å². The summed E-state index contributed by atoms with van der Waals surface area (Å²) in [6, 6.07) is 8.56. The Morgan fingerprint density at radius 3 is 2.61 bits per heavy atom. The summed E-state index contributed by atoms with van der Waals surface area (Å²) in [6.45, 7) is 3.46. The van der Waals surface area contributed by atoms with Gasteiger partial charge >= 0.3 is 0 Å². The third kappa shape index (κ3) is 5.82. The molecule has 0 spiro atoms. The largest absolute Gasteiger partial charge is 0.475 e. The Morgan fingerprint density at radius 1 is 1.12 bits per heavy atom. The zero-order valence-electron chi connectivity index (χ0n) is 18.0. The zero-order valence-corrected chi connectivity index (χ0v) is 19.5. The second kappa shape index (κ2) is 12.0. The molecule has 0 aliphatic rings. The smallest absolute Gasteiger partial charge is 0.227 e. The molecule has 0 radical (unpaired) electrons. The molecule has 0 saturated heterocycles. The van der Waals surface area contributed by atoms with Crippen molar-refractivity contribution in [3.63, 3.8) is 0 Å². The third-order valence-corrected chi connectivity index (χ3v) is 5.33. The van der Waals surface area contributed by atoms with Crippen LogP contribution in [0, 0.1) is 18.3 Å². The molecule has 10 heteroatoms. The molecule has 2 aromatic heterocycles. The summed E-state index contributed by atoms with van der Waals surface area (Å²) in [7, 11) is 0. The number of aliphatic hydroxyl groups excluding tert-OH is 1. The monoisotopic (exact) mass is 491 g/mol. The van der Waals surface area contributed by atoms with E-state index in [-0.39, 0.29) is 41.5 Å². The second-order valence-corrected chi connectivity index (χ2v) is 7.83. The van der Waals surface area contributed by atoms with Gasteiger partial charge in [0, 0.05) is 25.0 Å². The zero-order chi connectivity index (χ0) is 23.8. The van der Waals surface area contributed by atoms with Crippen LogP contribution in [0.3, 0.4) is 0 Å². The maximum Gasteiger partial charge on any atom is 0.227 e. The normalized spacial score (nSPS) is 11.0. The van der Waals surface area contributed by atoms with Crippen LogP contribution in [-0.2, 0) is 9.47 Å². The Kier molecular flexibility index (Phi) is 9.06. The standard InChI is InChI=1S/C23H23Cl2N3O5/c1-15-12-19(30)20-22(28(15)21-16(13-26)4-2-5-17(21)24)18(25)14-27-23(20)33-11-10-32-8-3-7-31-9-6-29/h2,4-5,12,14,29H,3,6-11H2,1H3. The first-order valence-electron chi connectivity index (χ1n) is 10.3. The topological polar surface area (TPSA) is 107 Å². The minimum Gasteiger partial charge on any atom is -0.475 e. The molecule has 33 heavy (non-hydrogen) atoms. The van der Waals surface area contributed by atoms with Crippen LogP contribution in [0.2, 0.25) is 10.0 Å². The van der Waals surface area contributed by atoms with Crippen LogP contribution in [-0.4, -0.2) is 54.3 Å². The Labute approximate surface area is 200 Å². The summed E-state index contributed by atoms with van der Waals surface area (Å²) >= 11 is 12.9. The molecule has 0 amide bonds. The fraction of sp³-hybridized carbons (Fsp3) is 0.348. The lowest BCUT2D eigenvalue weighted by molar-refractivity contribution is 0.0551. The summed E-state index contributed by atoms with van der Waals surface area (Å²) in [4.78, 5) is 17.1. The fourth-order valence-corrected chi connectivity index (χ4v) is 3.85. The van der Waals surface area contributed by atoms with Gasteiger partial charge in [-0.1, -0.05) is 29.3 Å². The van der Waals surface area contributed by atoms with Crippen molar-refractivity contribution in [3.8, 4) is 17.6 Å². The lowest BCUT2D eigenvalue weighted by Crippen LogP contribution is -2.16. The number of ether oxygens (including phenoxy) is 3. The van der Waals surface area contributed by atoms with Crippen molar-refractivity contribution in [3.05, 3.63) is 62.0 Å². The van der Waals surface area contributed by atoms with E-state index in [1.165, 1.54) is 12.3 Å². The average molecular weight is 492 g/mol. The summed E-state index contributed by atoms with van der Waals surface area (Å²) in [6.07, 6.45) is 2.09. The number of rotatable bonds is 11. The molecule has 0 fully saturated rings. The molecular weight excluding hydrogens is 469 g/mol. The third-order valence-electron chi connectivity index (χ3n) is 4.75. The highest BCUT2D eigenvalue weighted by Crippen LogP contribution is 2.33. The first-order chi connectivity index (χ1) is 16.0. The number of nitrogens with zero attached hydrogens (tertiary/aromatic N) is 3. The molecule has 0 atom stereocenters. The minimum atomic E-state index is -0.309. The molecule has 0 bridgehead atoms. The number of fused-ring (bicyclic) bond motifs is 1. The van der Waals surface area contributed by atoms with E-state index in [1.807, 2.05) is 0 Å². The molecule has 0 aliphatic heterocycles. The molecule has 8 nitrogen and oxygen atoms in total. The number of benzene rings is 1. The second-order valence-electron chi connectivity index (χ2n) is 7.02. The van der Waals surface area contributed by atoms with Crippen LogP contribution in [0.5, 0.6) is 5.88 Å². The fourth-order valence-electron chi connectivity index (χ4n) is 3.36. The summed E-state index contributed by atoms with van der Waals surface area (Å²) in [5.74, 6) is 0.119. The number of aromatic nitrogens is 2. The van der Waals surface area contributed by atoms with Crippen molar-refractivity contribution in [2.45, 2.75) is 13.3 Å². The number of para-hydroxylation sites is 1. The predicted molar refractivity (Wildman–Crippen MR) is 126 cm³/mol. The van der Waals surface area contributed by atoms with Gasteiger partial charge in [0.15, 0.2) is 5.43 Å². The van der Waals surface area contributed by atoms with Gasteiger partial charge in [0.05, 0.1) is 52.8 Å². The molecule has 0 unspecified atom stereocenters. The van der Waals surface area contributed by atoms with Crippen LogP contribution in [0.25, 0.3) is 16.6 Å². The molecule has 2 heterocycles.